The van der Waals surface area contributed by atoms with Crippen molar-refractivity contribution in [2.24, 2.45) is 0 Å². The van der Waals surface area contributed by atoms with Crippen LogP contribution in [-0.2, 0) is 14.3 Å². The lowest BCUT2D eigenvalue weighted by atomic mass is 9.99. The maximum atomic E-state index is 13.1. The van der Waals surface area contributed by atoms with Gasteiger partial charge in [-0.2, -0.15) is 0 Å². The molecule has 1 aliphatic heterocycles. The van der Waals surface area contributed by atoms with E-state index < -0.39 is 49.5 Å². The zero-order valence-electron chi connectivity index (χ0n) is 47.6. The first-order valence-electron chi connectivity index (χ1n) is 30.8. The van der Waals surface area contributed by atoms with Gasteiger partial charge in [-0.3, -0.25) is 4.79 Å². The van der Waals surface area contributed by atoms with E-state index in [1.807, 2.05) is 6.08 Å². The van der Waals surface area contributed by atoms with E-state index in [1.165, 1.54) is 161 Å². The normalized spacial score (nSPS) is 19.6. The summed E-state index contributed by atoms with van der Waals surface area (Å²) in [5.74, 6) is -0.201. The molecule has 0 spiro atoms. The smallest absolute Gasteiger partial charge is 0.220 e. The number of amides is 1. The summed E-state index contributed by atoms with van der Waals surface area (Å²) < 4.78 is 11.3. The molecule has 7 unspecified atom stereocenters. The van der Waals surface area contributed by atoms with Gasteiger partial charge in [-0.05, 0) is 83.5 Å². The van der Waals surface area contributed by atoms with Gasteiger partial charge in [-0.15, -0.1) is 0 Å². The average Bonchev–Trinajstić information content (AvgIpc) is 3.40. The fourth-order valence-corrected chi connectivity index (χ4v) is 9.36. The van der Waals surface area contributed by atoms with Gasteiger partial charge in [0.25, 0.3) is 0 Å². The molecule has 74 heavy (non-hydrogen) atoms. The number of carbonyl (C=O) groups excluding carboxylic acids is 1. The molecular formula is C65H115NO8. The van der Waals surface area contributed by atoms with E-state index in [4.69, 9.17) is 9.47 Å². The van der Waals surface area contributed by atoms with E-state index in [1.54, 1.807) is 6.08 Å². The number of aliphatic hydroxyl groups is 5. The monoisotopic (exact) mass is 1040 g/mol. The van der Waals surface area contributed by atoms with Crippen LogP contribution in [0.2, 0.25) is 0 Å². The summed E-state index contributed by atoms with van der Waals surface area (Å²) in [6, 6.07) is -0.839. The average molecular weight is 1040 g/mol. The Kier molecular flexibility index (Phi) is 50.4. The molecule has 1 fully saturated rings. The van der Waals surface area contributed by atoms with Crippen LogP contribution in [0.4, 0.5) is 0 Å². The third-order valence-electron chi connectivity index (χ3n) is 14.2. The van der Waals surface area contributed by atoms with Gasteiger partial charge < -0.3 is 40.3 Å². The van der Waals surface area contributed by atoms with Crippen LogP contribution < -0.4 is 5.32 Å². The van der Waals surface area contributed by atoms with Crippen molar-refractivity contribution in [3.05, 3.63) is 85.1 Å². The van der Waals surface area contributed by atoms with Crippen molar-refractivity contribution in [2.45, 2.75) is 307 Å². The minimum absolute atomic E-state index is 0.201. The number of hydrogen-bond acceptors (Lipinski definition) is 8. The Hall–Kier alpha value is -2.63. The molecule has 9 heteroatoms. The minimum Gasteiger partial charge on any atom is -0.394 e. The molecule has 6 N–H and O–H groups in total. The molecule has 0 aromatic rings. The van der Waals surface area contributed by atoms with Crippen LogP contribution in [0.1, 0.15) is 264 Å². The summed E-state index contributed by atoms with van der Waals surface area (Å²) in [7, 11) is 0. The summed E-state index contributed by atoms with van der Waals surface area (Å²) in [5.41, 5.74) is 0. The first kappa shape index (κ1) is 69.4. The number of carbonyl (C=O) groups is 1. The molecule has 1 rings (SSSR count). The standard InChI is InChI=1S/C65H115NO8/c1-3-5-7-9-11-13-15-17-19-21-23-25-26-27-28-29-30-31-32-33-35-36-38-40-42-44-46-48-50-52-54-59(68)58(57-73-65-64(72)63(71)62(70)60(56-67)74-65)66-61(69)55-53-51-49-47-45-43-41-39-37-34-24-22-20-18-16-14-12-10-8-6-4-2/h6,8,12,14,18,20,24,34,36,38,44,46,52,54,58-60,62-65,67-68,70-72H,3-5,7,9-11,13,15-17,19,21-23,25-33,35,37,39-43,45,47-51,53,55-57H2,1-2H3,(H,66,69)/b8-6-,14-12-,20-18-,34-24-,38-36+,46-44+,54-52+. The second kappa shape index (κ2) is 53.8. The highest BCUT2D eigenvalue weighted by Gasteiger charge is 2.44. The largest absolute Gasteiger partial charge is 0.394 e. The minimum atomic E-state index is -1.58. The third-order valence-corrected chi connectivity index (χ3v) is 14.2. The van der Waals surface area contributed by atoms with Gasteiger partial charge in [0.1, 0.15) is 24.4 Å². The molecule has 7 atom stereocenters. The second-order valence-electron chi connectivity index (χ2n) is 21.1. The zero-order chi connectivity index (χ0) is 53.6. The lowest BCUT2D eigenvalue weighted by Crippen LogP contribution is -2.60. The maximum Gasteiger partial charge on any atom is 0.220 e. The van der Waals surface area contributed by atoms with E-state index in [2.05, 4.69) is 92.1 Å². The van der Waals surface area contributed by atoms with Gasteiger partial charge in [0.15, 0.2) is 6.29 Å². The predicted octanol–water partition coefficient (Wildman–Crippen LogP) is 15.8. The molecule has 0 bridgehead atoms. The molecule has 0 aromatic heterocycles. The number of ether oxygens (including phenoxy) is 2. The lowest BCUT2D eigenvalue weighted by molar-refractivity contribution is -0.302. The van der Waals surface area contributed by atoms with Crippen molar-refractivity contribution < 1.29 is 39.8 Å². The second-order valence-corrected chi connectivity index (χ2v) is 21.1. The van der Waals surface area contributed by atoms with Crippen LogP contribution in [0.15, 0.2) is 85.1 Å². The van der Waals surface area contributed by atoms with Crippen molar-refractivity contribution in [1.82, 2.24) is 5.32 Å². The van der Waals surface area contributed by atoms with E-state index >= 15 is 0 Å². The molecule has 0 aromatic carbocycles. The van der Waals surface area contributed by atoms with Crippen molar-refractivity contribution in [3.63, 3.8) is 0 Å². The van der Waals surface area contributed by atoms with Crippen LogP contribution in [0.3, 0.4) is 0 Å². The number of hydrogen-bond donors (Lipinski definition) is 6. The number of rotatable bonds is 52. The van der Waals surface area contributed by atoms with E-state index in [0.717, 1.165) is 83.5 Å². The fraction of sp³-hybridized carbons (Fsp3) is 0.769. The van der Waals surface area contributed by atoms with Gasteiger partial charge in [-0.25, -0.2) is 0 Å². The topological polar surface area (TPSA) is 149 Å². The van der Waals surface area contributed by atoms with Crippen LogP contribution in [0.25, 0.3) is 0 Å². The molecule has 0 aliphatic carbocycles. The molecule has 0 saturated carbocycles. The first-order valence-corrected chi connectivity index (χ1v) is 30.8. The van der Waals surface area contributed by atoms with Gasteiger partial charge in [0.05, 0.1) is 25.4 Å². The Morgan fingerprint density at radius 3 is 1.30 bits per heavy atom. The van der Waals surface area contributed by atoms with Crippen molar-refractivity contribution in [2.75, 3.05) is 13.2 Å². The van der Waals surface area contributed by atoms with Crippen LogP contribution in [-0.4, -0.2) is 87.5 Å². The maximum absolute atomic E-state index is 13.1. The summed E-state index contributed by atoms with van der Waals surface area (Å²) >= 11 is 0. The Bertz CT molecular complexity index is 1440. The van der Waals surface area contributed by atoms with Gasteiger partial charge in [0, 0.05) is 6.42 Å². The summed E-state index contributed by atoms with van der Waals surface area (Å²) in [5, 5.41) is 54.5. The number of allylic oxidation sites excluding steroid dienone is 13. The summed E-state index contributed by atoms with van der Waals surface area (Å²) in [6.45, 7) is 3.66. The fourth-order valence-electron chi connectivity index (χ4n) is 9.36. The first-order chi connectivity index (χ1) is 36.3. The van der Waals surface area contributed by atoms with E-state index in [-0.39, 0.29) is 12.5 Å². The Balaban J connectivity index is 2.23. The SMILES string of the molecule is CC/C=C\C/C=C\C/C=C\C/C=C\CCCCCCCCCCC(=O)NC(COC1OC(CO)C(O)C(O)C1O)C(O)/C=C/CC/C=C/CC/C=C/CCCCCCCCCCCCCCCCCCCCCC. The molecule has 9 nitrogen and oxygen atoms in total. The van der Waals surface area contributed by atoms with Crippen molar-refractivity contribution >= 4 is 5.91 Å². The van der Waals surface area contributed by atoms with Gasteiger partial charge in [-0.1, -0.05) is 259 Å². The highest BCUT2D eigenvalue weighted by molar-refractivity contribution is 5.76. The Labute approximate surface area is 454 Å². The quantitative estimate of drug-likeness (QED) is 0.0261. The number of unbranched alkanes of at least 4 members (excludes halogenated alkanes) is 30. The molecule has 1 heterocycles. The van der Waals surface area contributed by atoms with Crippen molar-refractivity contribution in [3.8, 4) is 0 Å². The van der Waals surface area contributed by atoms with Gasteiger partial charge in [0.2, 0.25) is 5.91 Å². The molecule has 1 amide bonds. The van der Waals surface area contributed by atoms with E-state index in [0.29, 0.717) is 6.42 Å². The highest BCUT2D eigenvalue weighted by Crippen LogP contribution is 2.23. The van der Waals surface area contributed by atoms with E-state index in [9.17, 15) is 30.3 Å². The van der Waals surface area contributed by atoms with Gasteiger partial charge >= 0.3 is 0 Å². The third kappa shape index (κ3) is 42.5. The molecular weight excluding hydrogens is 923 g/mol. The van der Waals surface area contributed by atoms with Crippen LogP contribution >= 0.6 is 0 Å². The van der Waals surface area contributed by atoms with Crippen LogP contribution in [0.5, 0.6) is 0 Å². The molecule has 1 saturated heterocycles. The number of nitrogens with one attached hydrogen (secondary N) is 1. The lowest BCUT2D eigenvalue weighted by Gasteiger charge is -2.40. The zero-order valence-corrected chi connectivity index (χ0v) is 47.6. The molecule has 428 valence electrons. The van der Waals surface area contributed by atoms with Crippen molar-refractivity contribution in [1.29, 1.82) is 0 Å². The highest BCUT2D eigenvalue weighted by atomic mass is 16.7. The molecule has 1 aliphatic rings. The summed E-state index contributed by atoms with van der Waals surface area (Å²) in [6.07, 6.45) is 69.5. The summed E-state index contributed by atoms with van der Waals surface area (Å²) in [4.78, 5) is 13.1. The Morgan fingerprint density at radius 1 is 0.473 bits per heavy atom. The predicted molar refractivity (Wildman–Crippen MR) is 313 cm³/mol. The Morgan fingerprint density at radius 2 is 0.851 bits per heavy atom. The molecule has 0 radical (unpaired) electrons. The number of aliphatic hydroxyl groups excluding tert-OH is 5. The van der Waals surface area contributed by atoms with Crippen LogP contribution in [0, 0.1) is 0 Å².